The molecule has 1 nitrogen and oxygen atoms in total. The Hall–Kier alpha value is -0.820. The summed E-state index contributed by atoms with van der Waals surface area (Å²) in [6.45, 7) is 8.12. The van der Waals surface area contributed by atoms with Crippen LogP contribution in [-0.2, 0) is 5.41 Å². The normalized spacial score (nSPS) is 19.8. The Morgan fingerprint density at radius 2 is 1.68 bits per heavy atom. The van der Waals surface area contributed by atoms with Crippen LogP contribution in [-0.4, -0.2) is 19.6 Å². The van der Waals surface area contributed by atoms with Gasteiger partial charge in [0.25, 0.3) is 0 Å². The molecule has 19 heavy (non-hydrogen) atoms. The molecule has 1 unspecified atom stereocenters. The molecule has 0 aromatic heterocycles. The molecule has 1 atom stereocenters. The molecule has 1 aromatic rings. The monoisotopic (exact) mass is 260 g/mol. The molecule has 1 aliphatic rings. The zero-order valence-corrected chi connectivity index (χ0v) is 13.1. The Bertz CT molecular complexity index is 385. The predicted molar refractivity (Wildman–Crippen MR) is 82.8 cm³/mol. The van der Waals surface area contributed by atoms with Gasteiger partial charge in [-0.2, -0.15) is 0 Å². The standard InChI is InChI=1S/C18H29N/c1-15(2)19(4)14-13-18(11-5-6-12-18)17-9-7-16(3)8-10-17/h7-10,15H,5-6,11-14H2,1-4H3/p+1. The quantitative estimate of drug-likeness (QED) is 0.829. The molecule has 0 heterocycles. The third-order valence-corrected chi connectivity index (χ3v) is 5.21. The van der Waals surface area contributed by atoms with E-state index in [1.54, 1.807) is 10.5 Å². The van der Waals surface area contributed by atoms with Crippen molar-refractivity contribution >= 4 is 0 Å². The van der Waals surface area contributed by atoms with E-state index in [0.29, 0.717) is 5.41 Å². The Morgan fingerprint density at radius 3 is 2.21 bits per heavy atom. The molecular formula is C18H30N+. The second kappa shape index (κ2) is 6.09. The third kappa shape index (κ3) is 3.39. The predicted octanol–water partition coefficient (Wildman–Crippen LogP) is 3.12. The van der Waals surface area contributed by atoms with Gasteiger partial charge in [-0.25, -0.2) is 0 Å². The average Bonchev–Trinajstić information content (AvgIpc) is 2.86. The van der Waals surface area contributed by atoms with Crippen molar-refractivity contribution in [3.05, 3.63) is 35.4 Å². The van der Waals surface area contributed by atoms with Gasteiger partial charge in [0.15, 0.2) is 0 Å². The van der Waals surface area contributed by atoms with Gasteiger partial charge in [-0.05, 0) is 39.2 Å². The highest BCUT2D eigenvalue weighted by Gasteiger charge is 2.36. The van der Waals surface area contributed by atoms with Crippen molar-refractivity contribution in [1.82, 2.24) is 0 Å². The highest BCUT2D eigenvalue weighted by Crippen LogP contribution is 2.43. The number of benzene rings is 1. The fraction of sp³-hybridized carbons (Fsp3) is 0.667. The molecule has 1 N–H and O–H groups in total. The second-order valence-electron chi connectivity index (χ2n) is 6.85. The summed E-state index contributed by atoms with van der Waals surface area (Å²) in [5, 5.41) is 0. The Labute approximate surface area is 119 Å². The maximum atomic E-state index is 2.38. The smallest absolute Gasteiger partial charge is 0.0815 e. The summed E-state index contributed by atoms with van der Waals surface area (Å²) >= 11 is 0. The lowest BCUT2D eigenvalue weighted by atomic mass is 9.76. The van der Waals surface area contributed by atoms with Crippen LogP contribution in [0, 0.1) is 6.92 Å². The summed E-state index contributed by atoms with van der Waals surface area (Å²) in [4.78, 5) is 1.67. The first-order valence-corrected chi connectivity index (χ1v) is 7.93. The summed E-state index contributed by atoms with van der Waals surface area (Å²) in [7, 11) is 2.34. The van der Waals surface area contributed by atoms with Crippen molar-refractivity contribution in [2.24, 2.45) is 0 Å². The highest BCUT2D eigenvalue weighted by atomic mass is 15.1. The van der Waals surface area contributed by atoms with Crippen molar-refractivity contribution in [2.75, 3.05) is 13.6 Å². The van der Waals surface area contributed by atoms with Crippen LogP contribution in [0.15, 0.2) is 24.3 Å². The lowest BCUT2D eigenvalue weighted by molar-refractivity contribution is -0.902. The first-order valence-electron chi connectivity index (χ1n) is 7.93. The summed E-state index contributed by atoms with van der Waals surface area (Å²) in [6.07, 6.45) is 6.95. The maximum Gasteiger partial charge on any atom is 0.0815 e. The number of hydrogen-bond acceptors (Lipinski definition) is 0. The zero-order valence-electron chi connectivity index (χ0n) is 13.1. The molecule has 0 spiro atoms. The minimum atomic E-state index is 0.476. The lowest BCUT2D eigenvalue weighted by Crippen LogP contribution is -3.12. The minimum absolute atomic E-state index is 0.476. The molecule has 1 aromatic carbocycles. The van der Waals surface area contributed by atoms with Crippen LogP contribution in [0.1, 0.15) is 57.1 Å². The van der Waals surface area contributed by atoms with Gasteiger partial charge < -0.3 is 4.90 Å². The molecular weight excluding hydrogens is 230 g/mol. The van der Waals surface area contributed by atoms with Crippen molar-refractivity contribution in [3.8, 4) is 0 Å². The fourth-order valence-electron chi connectivity index (χ4n) is 3.37. The van der Waals surface area contributed by atoms with Gasteiger partial charge in [0, 0.05) is 11.8 Å². The summed E-state index contributed by atoms with van der Waals surface area (Å²) in [6, 6.07) is 10.1. The number of hydrogen-bond donors (Lipinski definition) is 1. The Balaban J connectivity index is 2.11. The highest BCUT2D eigenvalue weighted by molar-refractivity contribution is 5.29. The first kappa shape index (κ1) is 14.6. The van der Waals surface area contributed by atoms with E-state index >= 15 is 0 Å². The fourth-order valence-corrected chi connectivity index (χ4v) is 3.37. The van der Waals surface area contributed by atoms with E-state index in [0.717, 1.165) is 6.04 Å². The van der Waals surface area contributed by atoms with Crippen LogP contribution in [0.5, 0.6) is 0 Å². The molecule has 1 saturated carbocycles. The summed E-state index contributed by atoms with van der Waals surface area (Å²) in [5.41, 5.74) is 3.44. The number of aryl methyl sites for hydroxylation is 1. The zero-order chi connectivity index (χ0) is 13.9. The molecule has 106 valence electrons. The molecule has 0 radical (unpaired) electrons. The SMILES string of the molecule is Cc1ccc(C2(CC[NH+](C)C(C)C)CCCC2)cc1. The van der Waals surface area contributed by atoms with Gasteiger partial charge in [0.05, 0.1) is 19.6 Å². The van der Waals surface area contributed by atoms with E-state index in [1.165, 1.54) is 44.2 Å². The molecule has 1 aliphatic carbocycles. The van der Waals surface area contributed by atoms with Crippen LogP contribution in [0.3, 0.4) is 0 Å². The van der Waals surface area contributed by atoms with Crippen molar-refractivity contribution < 1.29 is 4.90 Å². The van der Waals surface area contributed by atoms with Gasteiger partial charge in [0.1, 0.15) is 0 Å². The number of rotatable bonds is 5. The number of quaternary nitrogens is 1. The molecule has 0 saturated heterocycles. The van der Waals surface area contributed by atoms with E-state index in [4.69, 9.17) is 0 Å². The van der Waals surface area contributed by atoms with E-state index in [-0.39, 0.29) is 0 Å². The second-order valence-corrected chi connectivity index (χ2v) is 6.85. The van der Waals surface area contributed by atoms with Crippen molar-refractivity contribution in [1.29, 1.82) is 0 Å². The van der Waals surface area contributed by atoms with Crippen LogP contribution in [0.4, 0.5) is 0 Å². The summed E-state index contributed by atoms with van der Waals surface area (Å²) in [5.74, 6) is 0. The molecule has 0 aliphatic heterocycles. The Morgan fingerprint density at radius 1 is 1.11 bits per heavy atom. The Kier molecular flexibility index (Phi) is 4.67. The first-order chi connectivity index (χ1) is 9.03. The van der Waals surface area contributed by atoms with Crippen LogP contribution >= 0.6 is 0 Å². The van der Waals surface area contributed by atoms with Crippen LogP contribution in [0.2, 0.25) is 0 Å². The lowest BCUT2D eigenvalue weighted by Gasteiger charge is -2.31. The van der Waals surface area contributed by atoms with Gasteiger partial charge in [-0.3, -0.25) is 0 Å². The largest absolute Gasteiger partial charge is 0.335 e. The molecule has 0 amide bonds. The van der Waals surface area contributed by atoms with Gasteiger partial charge in [-0.1, -0.05) is 42.7 Å². The van der Waals surface area contributed by atoms with Gasteiger partial charge in [0.2, 0.25) is 0 Å². The van der Waals surface area contributed by atoms with E-state index in [1.807, 2.05) is 0 Å². The third-order valence-electron chi connectivity index (χ3n) is 5.21. The molecule has 0 bridgehead atoms. The van der Waals surface area contributed by atoms with Crippen molar-refractivity contribution in [2.45, 2.75) is 64.3 Å². The minimum Gasteiger partial charge on any atom is -0.335 e. The van der Waals surface area contributed by atoms with Gasteiger partial charge >= 0.3 is 0 Å². The van der Waals surface area contributed by atoms with E-state index in [9.17, 15) is 0 Å². The molecule has 2 rings (SSSR count). The van der Waals surface area contributed by atoms with Crippen LogP contribution in [0.25, 0.3) is 0 Å². The van der Waals surface area contributed by atoms with E-state index < -0.39 is 0 Å². The molecule has 1 heteroatoms. The topological polar surface area (TPSA) is 4.44 Å². The van der Waals surface area contributed by atoms with Gasteiger partial charge in [-0.15, -0.1) is 0 Å². The number of nitrogens with one attached hydrogen (secondary N) is 1. The molecule has 1 fully saturated rings. The van der Waals surface area contributed by atoms with E-state index in [2.05, 4.69) is 52.1 Å². The summed E-state index contributed by atoms with van der Waals surface area (Å²) < 4.78 is 0. The van der Waals surface area contributed by atoms with Crippen LogP contribution < -0.4 is 4.90 Å². The maximum absolute atomic E-state index is 2.38. The van der Waals surface area contributed by atoms with Crippen molar-refractivity contribution in [3.63, 3.8) is 0 Å². The average molecular weight is 260 g/mol.